The van der Waals surface area contributed by atoms with Crippen LogP contribution < -0.4 is 5.32 Å². The topological polar surface area (TPSA) is 15.3 Å². The molecule has 2 heteroatoms. The number of hydrogen-bond acceptors (Lipinski definition) is 2. The fourth-order valence-corrected chi connectivity index (χ4v) is 1.87. The van der Waals surface area contributed by atoms with E-state index in [4.69, 9.17) is 0 Å². The minimum Gasteiger partial charge on any atom is -0.309 e. The molecule has 0 aromatic rings. The Morgan fingerprint density at radius 3 is 2.47 bits per heavy atom. The van der Waals surface area contributed by atoms with Crippen molar-refractivity contribution < 1.29 is 0 Å². The van der Waals surface area contributed by atoms with E-state index in [9.17, 15) is 0 Å². The summed E-state index contributed by atoms with van der Waals surface area (Å²) in [5.41, 5.74) is 3.21. The molecule has 0 bridgehead atoms. The average Bonchev–Trinajstić information content (AvgIpc) is 2.13. The molecular formula is C13H26N2. The smallest absolute Gasteiger partial charge is 0.0193 e. The molecule has 0 aromatic heterocycles. The monoisotopic (exact) mass is 210 g/mol. The zero-order valence-electron chi connectivity index (χ0n) is 10.8. The van der Waals surface area contributed by atoms with Crippen molar-refractivity contribution >= 4 is 0 Å². The van der Waals surface area contributed by atoms with Crippen LogP contribution in [0.2, 0.25) is 0 Å². The van der Waals surface area contributed by atoms with Crippen LogP contribution in [-0.4, -0.2) is 37.6 Å². The second kappa shape index (κ2) is 6.29. The Bertz CT molecular complexity index is 215. The maximum absolute atomic E-state index is 3.31. The van der Waals surface area contributed by atoms with Gasteiger partial charge < -0.3 is 5.32 Å². The van der Waals surface area contributed by atoms with Gasteiger partial charge >= 0.3 is 0 Å². The van der Waals surface area contributed by atoms with E-state index in [1.54, 1.807) is 11.1 Å². The zero-order chi connectivity index (χ0) is 11.3. The molecule has 88 valence electrons. The van der Waals surface area contributed by atoms with E-state index >= 15 is 0 Å². The van der Waals surface area contributed by atoms with Crippen LogP contribution in [0.15, 0.2) is 11.1 Å². The summed E-state index contributed by atoms with van der Waals surface area (Å²) >= 11 is 0. The minimum absolute atomic E-state index is 0.822. The van der Waals surface area contributed by atoms with Crippen LogP contribution in [0, 0.1) is 5.92 Å². The second-order valence-corrected chi connectivity index (χ2v) is 4.83. The molecule has 1 aliphatic heterocycles. The fraction of sp³-hybridized carbons (Fsp3) is 0.846. The van der Waals surface area contributed by atoms with Gasteiger partial charge in [0.25, 0.3) is 0 Å². The van der Waals surface area contributed by atoms with Crippen molar-refractivity contribution in [2.45, 2.75) is 34.1 Å². The van der Waals surface area contributed by atoms with Gasteiger partial charge in [0, 0.05) is 26.2 Å². The first-order valence-corrected chi connectivity index (χ1v) is 6.27. The standard InChI is InChI=1S/C13H26N2/c1-5-11(3)9-15(6-2)10-12(4)13-7-14-8-13/h11,14H,5-10H2,1-4H3. The molecule has 1 unspecified atom stereocenters. The first-order chi connectivity index (χ1) is 7.17. The lowest BCUT2D eigenvalue weighted by atomic mass is 10.0. The lowest BCUT2D eigenvalue weighted by molar-refractivity contribution is 0.263. The Labute approximate surface area is 94.7 Å². The van der Waals surface area contributed by atoms with Gasteiger partial charge in [0.1, 0.15) is 0 Å². The van der Waals surface area contributed by atoms with E-state index in [0.29, 0.717) is 0 Å². The van der Waals surface area contributed by atoms with Crippen molar-refractivity contribution in [3.63, 3.8) is 0 Å². The van der Waals surface area contributed by atoms with Crippen molar-refractivity contribution in [1.29, 1.82) is 0 Å². The Balaban J connectivity index is 2.38. The highest BCUT2D eigenvalue weighted by Crippen LogP contribution is 2.12. The van der Waals surface area contributed by atoms with Gasteiger partial charge in [-0.05, 0) is 25.0 Å². The molecule has 0 spiro atoms. The summed E-state index contributed by atoms with van der Waals surface area (Å²) in [7, 11) is 0. The van der Waals surface area contributed by atoms with Crippen LogP contribution in [0.5, 0.6) is 0 Å². The van der Waals surface area contributed by atoms with E-state index in [-0.39, 0.29) is 0 Å². The normalized spacial score (nSPS) is 17.8. The summed E-state index contributed by atoms with van der Waals surface area (Å²) in [6.45, 7) is 15.0. The zero-order valence-corrected chi connectivity index (χ0v) is 10.8. The molecule has 2 nitrogen and oxygen atoms in total. The number of nitrogens with zero attached hydrogens (tertiary/aromatic N) is 1. The van der Waals surface area contributed by atoms with E-state index < -0.39 is 0 Å². The summed E-state index contributed by atoms with van der Waals surface area (Å²) in [4.78, 5) is 2.56. The van der Waals surface area contributed by atoms with Crippen molar-refractivity contribution in [2.24, 2.45) is 5.92 Å². The predicted molar refractivity (Wildman–Crippen MR) is 67.1 cm³/mol. The largest absolute Gasteiger partial charge is 0.309 e. The summed E-state index contributed by atoms with van der Waals surface area (Å²) in [5.74, 6) is 0.822. The summed E-state index contributed by atoms with van der Waals surface area (Å²) in [6, 6.07) is 0. The first kappa shape index (κ1) is 12.7. The SMILES string of the molecule is CCC(C)CN(CC)CC(C)=C1CNC1. The van der Waals surface area contributed by atoms with Crippen molar-refractivity contribution in [3.05, 3.63) is 11.1 Å². The third-order valence-corrected chi connectivity index (χ3v) is 3.46. The summed E-state index contributed by atoms with van der Waals surface area (Å²) < 4.78 is 0. The van der Waals surface area contributed by atoms with Crippen molar-refractivity contribution in [2.75, 3.05) is 32.7 Å². The Morgan fingerprint density at radius 2 is 2.07 bits per heavy atom. The molecular weight excluding hydrogens is 184 g/mol. The molecule has 1 fully saturated rings. The van der Waals surface area contributed by atoms with Gasteiger partial charge in [0.05, 0.1) is 0 Å². The van der Waals surface area contributed by atoms with Gasteiger partial charge in [-0.1, -0.05) is 32.8 Å². The summed E-state index contributed by atoms with van der Waals surface area (Å²) in [6.07, 6.45) is 1.29. The minimum atomic E-state index is 0.822. The van der Waals surface area contributed by atoms with Crippen molar-refractivity contribution in [1.82, 2.24) is 10.2 Å². The molecule has 1 saturated heterocycles. The van der Waals surface area contributed by atoms with E-state index in [1.165, 1.54) is 19.5 Å². The molecule has 1 rings (SSSR count). The molecule has 1 heterocycles. The fourth-order valence-electron chi connectivity index (χ4n) is 1.87. The Hall–Kier alpha value is -0.340. The van der Waals surface area contributed by atoms with Crippen LogP contribution in [-0.2, 0) is 0 Å². The Morgan fingerprint density at radius 1 is 1.40 bits per heavy atom. The molecule has 0 saturated carbocycles. The number of hydrogen-bond donors (Lipinski definition) is 1. The lowest BCUT2D eigenvalue weighted by Crippen LogP contribution is -2.37. The summed E-state index contributed by atoms with van der Waals surface area (Å²) in [5, 5.41) is 3.31. The molecule has 1 atom stereocenters. The molecule has 1 N–H and O–H groups in total. The number of likely N-dealkylation sites (N-methyl/N-ethyl adjacent to an activating group) is 1. The van der Waals surface area contributed by atoms with Crippen LogP contribution in [0.4, 0.5) is 0 Å². The quantitative estimate of drug-likeness (QED) is 0.677. The average molecular weight is 210 g/mol. The van der Waals surface area contributed by atoms with E-state index in [0.717, 1.165) is 25.6 Å². The van der Waals surface area contributed by atoms with Crippen LogP contribution in [0.1, 0.15) is 34.1 Å². The van der Waals surface area contributed by atoms with Crippen LogP contribution in [0.3, 0.4) is 0 Å². The van der Waals surface area contributed by atoms with Crippen LogP contribution >= 0.6 is 0 Å². The maximum atomic E-state index is 3.31. The molecule has 0 aliphatic carbocycles. The van der Waals surface area contributed by atoms with Gasteiger partial charge in [-0.3, -0.25) is 4.90 Å². The highest BCUT2D eigenvalue weighted by Gasteiger charge is 2.13. The highest BCUT2D eigenvalue weighted by molar-refractivity contribution is 5.22. The van der Waals surface area contributed by atoms with Gasteiger partial charge in [0.15, 0.2) is 0 Å². The van der Waals surface area contributed by atoms with Gasteiger partial charge in [0.2, 0.25) is 0 Å². The first-order valence-electron chi connectivity index (χ1n) is 6.27. The third-order valence-electron chi connectivity index (χ3n) is 3.46. The Kier molecular flexibility index (Phi) is 5.34. The highest BCUT2D eigenvalue weighted by atomic mass is 15.1. The third kappa shape index (κ3) is 3.96. The van der Waals surface area contributed by atoms with Gasteiger partial charge in [-0.15, -0.1) is 0 Å². The molecule has 15 heavy (non-hydrogen) atoms. The number of rotatable bonds is 6. The lowest BCUT2D eigenvalue weighted by Gasteiger charge is -2.28. The molecule has 1 aliphatic rings. The van der Waals surface area contributed by atoms with E-state index in [1.807, 2.05) is 0 Å². The number of nitrogens with one attached hydrogen (secondary N) is 1. The molecule has 0 radical (unpaired) electrons. The van der Waals surface area contributed by atoms with E-state index in [2.05, 4.69) is 37.9 Å². The van der Waals surface area contributed by atoms with Gasteiger partial charge in [-0.2, -0.15) is 0 Å². The molecule has 0 aromatic carbocycles. The van der Waals surface area contributed by atoms with Crippen molar-refractivity contribution in [3.8, 4) is 0 Å². The molecule has 0 amide bonds. The maximum Gasteiger partial charge on any atom is 0.0193 e. The predicted octanol–water partition coefficient (Wildman–Crippen LogP) is 2.27. The van der Waals surface area contributed by atoms with Gasteiger partial charge in [-0.25, -0.2) is 0 Å². The van der Waals surface area contributed by atoms with Crippen LogP contribution in [0.25, 0.3) is 0 Å². The second-order valence-electron chi connectivity index (χ2n) is 4.83.